The van der Waals surface area contributed by atoms with Crippen molar-refractivity contribution in [2.45, 2.75) is 6.10 Å². The lowest BCUT2D eigenvalue weighted by atomic mass is 10.1. The Kier molecular flexibility index (Phi) is 4.12. The van der Waals surface area contributed by atoms with Crippen LogP contribution in [-0.4, -0.2) is 37.4 Å². The van der Waals surface area contributed by atoms with Crippen molar-refractivity contribution in [2.75, 3.05) is 31.3 Å². The van der Waals surface area contributed by atoms with Crippen molar-refractivity contribution in [3.05, 3.63) is 54.1 Å². The van der Waals surface area contributed by atoms with Crippen LogP contribution in [0.5, 0.6) is 5.75 Å². The second-order valence-corrected chi connectivity index (χ2v) is 5.85. The largest absolute Gasteiger partial charge is 0.474 e. The number of carbonyl (C=O) groups excluding carboxylic acids is 2. The normalized spacial score (nSPS) is 16.3. The zero-order valence-electron chi connectivity index (χ0n) is 13.6. The van der Waals surface area contributed by atoms with E-state index in [1.54, 1.807) is 32.3 Å². The number of nitrogens with zero attached hydrogens (tertiary/aromatic N) is 2. The van der Waals surface area contributed by atoms with Gasteiger partial charge in [0.05, 0.1) is 5.69 Å². The molecule has 124 valence electrons. The van der Waals surface area contributed by atoms with Crippen LogP contribution in [0, 0.1) is 0 Å². The van der Waals surface area contributed by atoms with Gasteiger partial charge in [-0.3, -0.25) is 14.5 Å². The first kappa shape index (κ1) is 15.9. The minimum absolute atomic E-state index is 0.0462. The molecular formula is C18H19N3O3. The van der Waals surface area contributed by atoms with Crippen LogP contribution in [0.25, 0.3) is 0 Å². The molecule has 0 fully saturated rings. The van der Waals surface area contributed by atoms with Crippen LogP contribution in [0.4, 0.5) is 11.4 Å². The molecular weight excluding hydrogens is 306 g/mol. The maximum atomic E-state index is 12.9. The number of fused-ring (bicyclic) bond motifs is 1. The number of hydrogen-bond donors (Lipinski definition) is 1. The Bertz CT molecular complexity index is 774. The Labute approximate surface area is 140 Å². The highest BCUT2D eigenvalue weighted by atomic mass is 16.5. The predicted molar refractivity (Wildman–Crippen MR) is 91.7 cm³/mol. The zero-order chi connectivity index (χ0) is 17.3. The third-order valence-corrected chi connectivity index (χ3v) is 3.90. The van der Waals surface area contributed by atoms with Gasteiger partial charge in [-0.2, -0.15) is 0 Å². The van der Waals surface area contributed by atoms with Gasteiger partial charge in [-0.15, -0.1) is 0 Å². The third-order valence-electron chi connectivity index (χ3n) is 3.90. The predicted octanol–water partition coefficient (Wildman–Crippen LogP) is 1.82. The molecule has 0 saturated carbocycles. The maximum absolute atomic E-state index is 12.9. The van der Waals surface area contributed by atoms with E-state index in [2.05, 4.69) is 0 Å². The standard InChI is InChI=1S/C18H19N3O3/c1-20(2)16(22)11-21-14-9-8-13(19)10-15(14)24-17(18(21)23)12-6-4-3-5-7-12/h3-10,17H,11,19H2,1-2H3. The summed E-state index contributed by atoms with van der Waals surface area (Å²) in [6.07, 6.45) is -0.796. The Morgan fingerprint density at radius 1 is 1.21 bits per heavy atom. The molecule has 0 bridgehead atoms. The summed E-state index contributed by atoms with van der Waals surface area (Å²) in [5.74, 6) is 0.0588. The van der Waals surface area contributed by atoms with Crippen molar-refractivity contribution in [2.24, 2.45) is 0 Å². The van der Waals surface area contributed by atoms with E-state index in [-0.39, 0.29) is 18.4 Å². The second-order valence-electron chi connectivity index (χ2n) is 5.85. The molecule has 1 aliphatic heterocycles. The highest BCUT2D eigenvalue weighted by Gasteiger charge is 2.36. The van der Waals surface area contributed by atoms with Crippen LogP contribution in [0.1, 0.15) is 11.7 Å². The van der Waals surface area contributed by atoms with Crippen LogP contribution in [0.3, 0.4) is 0 Å². The number of likely N-dealkylation sites (N-methyl/N-ethyl adjacent to an activating group) is 1. The summed E-state index contributed by atoms with van der Waals surface area (Å²) in [5.41, 5.74) is 7.66. The number of ether oxygens (including phenoxy) is 1. The van der Waals surface area contributed by atoms with Crippen molar-refractivity contribution in [3.63, 3.8) is 0 Å². The fourth-order valence-electron chi connectivity index (χ4n) is 2.56. The Morgan fingerprint density at radius 2 is 1.92 bits per heavy atom. The van der Waals surface area contributed by atoms with E-state index in [4.69, 9.17) is 10.5 Å². The highest BCUT2D eigenvalue weighted by Crippen LogP contribution is 2.39. The average Bonchev–Trinajstić information content (AvgIpc) is 2.57. The van der Waals surface area contributed by atoms with E-state index >= 15 is 0 Å². The van der Waals surface area contributed by atoms with Crippen molar-refractivity contribution in [3.8, 4) is 5.75 Å². The van der Waals surface area contributed by atoms with Crippen molar-refractivity contribution >= 4 is 23.2 Å². The van der Waals surface area contributed by atoms with E-state index in [1.807, 2.05) is 30.3 Å². The number of rotatable bonds is 3. The van der Waals surface area contributed by atoms with E-state index in [1.165, 1.54) is 9.80 Å². The van der Waals surface area contributed by atoms with E-state index < -0.39 is 6.10 Å². The Hall–Kier alpha value is -3.02. The van der Waals surface area contributed by atoms with Crippen molar-refractivity contribution in [1.82, 2.24) is 4.90 Å². The molecule has 2 aromatic rings. The van der Waals surface area contributed by atoms with E-state index in [9.17, 15) is 9.59 Å². The average molecular weight is 325 g/mol. The first-order chi connectivity index (χ1) is 11.5. The van der Waals surface area contributed by atoms with Crippen LogP contribution in [-0.2, 0) is 9.59 Å². The molecule has 2 aromatic carbocycles. The maximum Gasteiger partial charge on any atom is 0.273 e. The molecule has 3 rings (SSSR count). The molecule has 1 aliphatic rings. The topological polar surface area (TPSA) is 75.9 Å². The molecule has 2 N–H and O–H groups in total. The van der Waals surface area contributed by atoms with Gasteiger partial charge in [-0.25, -0.2) is 0 Å². The van der Waals surface area contributed by atoms with E-state index in [0.29, 0.717) is 17.1 Å². The molecule has 0 aromatic heterocycles. The SMILES string of the molecule is CN(C)C(=O)CN1C(=O)C(c2ccccc2)Oc2cc(N)ccc21. The lowest BCUT2D eigenvalue weighted by Crippen LogP contribution is -2.46. The van der Waals surface area contributed by atoms with Gasteiger partial charge in [-0.1, -0.05) is 30.3 Å². The molecule has 2 amide bonds. The molecule has 1 unspecified atom stereocenters. The number of carbonyl (C=O) groups is 2. The lowest BCUT2D eigenvalue weighted by molar-refractivity contribution is -0.132. The molecule has 0 saturated heterocycles. The summed E-state index contributed by atoms with van der Waals surface area (Å²) >= 11 is 0. The van der Waals surface area contributed by atoms with Crippen LogP contribution in [0.15, 0.2) is 48.5 Å². The lowest BCUT2D eigenvalue weighted by Gasteiger charge is -2.34. The molecule has 6 heteroatoms. The third kappa shape index (κ3) is 2.90. The van der Waals surface area contributed by atoms with Gasteiger partial charge in [0.25, 0.3) is 5.91 Å². The fraction of sp³-hybridized carbons (Fsp3) is 0.222. The van der Waals surface area contributed by atoms with Crippen LogP contribution in [0.2, 0.25) is 0 Å². The van der Waals surface area contributed by atoms with Crippen LogP contribution >= 0.6 is 0 Å². The van der Waals surface area contributed by atoms with E-state index in [0.717, 1.165) is 5.56 Å². The minimum Gasteiger partial charge on any atom is -0.474 e. The van der Waals surface area contributed by atoms with Crippen molar-refractivity contribution in [1.29, 1.82) is 0 Å². The minimum atomic E-state index is -0.796. The number of amides is 2. The van der Waals surface area contributed by atoms with Gasteiger partial charge in [-0.05, 0) is 12.1 Å². The molecule has 6 nitrogen and oxygen atoms in total. The molecule has 0 aliphatic carbocycles. The first-order valence-corrected chi connectivity index (χ1v) is 7.60. The Balaban J connectivity index is 2.03. The first-order valence-electron chi connectivity index (χ1n) is 7.60. The summed E-state index contributed by atoms with van der Waals surface area (Å²) in [4.78, 5) is 28.0. The molecule has 1 atom stereocenters. The summed E-state index contributed by atoms with van der Waals surface area (Å²) in [7, 11) is 3.32. The molecule has 0 spiro atoms. The summed E-state index contributed by atoms with van der Waals surface area (Å²) in [6, 6.07) is 14.3. The van der Waals surface area contributed by atoms with Crippen molar-refractivity contribution < 1.29 is 14.3 Å². The van der Waals surface area contributed by atoms with Crippen LogP contribution < -0.4 is 15.4 Å². The number of benzene rings is 2. The van der Waals surface area contributed by atoms with Gasteiger partial charge < -0.3 is 15.4 Å². The molecule has 0 radical (unpaired) electrons. The highest BCUT2D eigenvalue weighted by molar-refractivity contribution is 6.04. The number of nitrogens with two attached hydrogens (primary N) is 1. The zero-order valence-corrected chi connectivity index (χ0v) is 13.6. The van der Waals surface area contributed by atoms with Gasteiger partial charge in [0, 0.05) is 31.4 Å². The monoisotopic (exact) mass is 325 g/mol. The van der Waals surface area contributed by atoms with Gasteiger partial charge >= 0.3 is 0 Å². The van der Waals surface area contributed by atoms with Gasteiger partial charge in [0.1, 0.15) is 12.3 Å². The number of anilines is 2. The van der Waals surface area contributed by atoms with Gasteiger partial charge in [0.2, 0.25) is 12.0 Å². The second kappa shape index (κ2) is 6.23. The summed E-state index contributed by atoms with van der Waals surface area (Å²) in [6.45, 7) is -0.0462. The number of nitrogen functional groups attached to an aromatic ring is 1. The fourth-order valence-corrected chi connectivity index (χ4v) is 2.56. The van der Waals surface area contributed by atoms with Gasteiger partial charge in [0.15, 0.2) is 0 Å². The number of hydrogen-bond acceptors (Lipinski definition) is 4. The molecule has 1 heterocycles. The quantitative estimate of drug-likeness (QED) is 0.874. The Morgan fingerprint density at radius 3 is 2.58 bits per heavy atom. The summed E-state index contributed by atoms with van der Waals surface area (Å²) in [5, 5.41) is 0. The smallest absolute Gasteiger partial charge is 0.273 e. The molecule has 24 heavy (non-hydrogen) atoms. The summed E-state index contributed by atoms with van der Waals surface area (Å²) < 4.78 is 5.89.